The average Bonchev–Trinajstić information content (AvgIpc) is 3.16. The zero-order valence-corrected chi connectivity index (χ0v) is 12.8. The second-order valence-electron chi connectivity index (χ2n) is 5.75. The van der Waals surface area contributed by atoms with Crippen molar-refractivity contribution in [2.45, 2.75) is 38.4 Å². The normalized spacial score (nSPS) is 17.7. The van der Waals surface area contributed by atoms with Gasteiger partial charge < -0.3 is 10.2 Å². The van der Waals surface area contributed by atoms with E-state index in [0.717, 1.165) is 32.1 Å². The van der Waals surface area contributed by atoms with Gasteiger partial charge in [-0.2, -0.15) is 27.8 Å². The van der Waals surface area contributed by atoms with Crippen molar-refractivity contribution in [3.8, 4) is 0 Å². The Hall–Kier alpha value is -1.90. The van der Waals surface area contributed by atoms with Crippen molar-refractivity contribution in [3.63, 3.8) is 0 Å². The van der Waals surface area contributed by atoms with E-state index in [1.165, 1.54) is 23.7 Å². The van der Waals surface area contributed by atoms with Gasteiger partial charge in [-0.15, -0.1) is 0 Å². The van der Waals surface area contributed by atoms with E-state index in [1.54, 1.807) is 0 Å². The number of hydrogen-bond donors (Lipinski definition) is 1. The highest BCUT2D eigenvalue weighted by Gasteiger charge is 2.34. The first-order valence-electron chi connectivity index (χ1n) is 7.74. The molecule has 0 bridgehead atoms. The summed E-state index contributed by atoms with van der Waals surface area (Å²) in [5.74, 6) is 0.212. The van der Waals surface area contributed by atoms with E-state index in [2.05, 4.69) is 25.3 Å². The van der Waals surface area contributed by atoms with Crippen molar-refractivity contribution in [2.75, 3.05) is 25.0 Å². The minimum atomic E-state index is -4.51. The summed E-state index contributed by atoms with van der Waals surface area (Å²) in [6, 6.07) is 1.04. The van der Waals surface area contributed by atoms with Crippen LogP contribution in [-0.4, -0.2) is 50.2 Å². The number of nitrogens with zero attached hydrogens (tertiary/aromatic N) is 5. The molecule has 1 N–H and O–H groups in total. The molecule has 0 aliphatic carbocycles. The molecule has 3 heterocycles. The molecule has 1 fully saturated rings. The van der Waals surface area contributed by atoms with Crippen molar-refractivity contribution in [1.29, 1.82) is 0 Å². The van der Waals surface area contributed by atoms with Gasteiger partial charge in [-0.25, -0.2) is 4.98 Å². The van der Waals surface area contributed by atoms with Crippen LogP contribution in [0.3, 0.4) is 0 Å². The first kappa shape index (κ1) is 16.0. The molecule has 0 radical (unpaired) electrons. The third-order valence-corrected chi connectivity index (χ3v) is 4.06. The molecule has 6 nitrogen and oxygen atoms in total. The fraction of sp³-hybridized carbons (Fsp3) is 0.643. The number of hydrogen-bond acceptors (Lipinski definition) is 5. The first-order chi connectivity index (χ1) is 11.0. The molecule has 1 atom stereocenters. The van der Waals surface area contributed by atoms with Crippen molar-refractivity contribution >= 4 is 11.6 Å². The lowest BCUT2D eigenvalue weighted by molar-refractivity contribution is -0.141. The standard InChI is InChI=1S/C14H19F3N6/c1-2-10(8-22-5-3-4-6-22)20-12-7-11(14(15,16)17)21-13-18-9-19-23(12)13/h7,9-10,20H,2-6,8H2,1H3/t10-/m1/s1. The maximum atomic E-state index is 13.0. The van der Waals surface area contributed by atoms with Gasteiger partial charge in [0.25, 0.3) is 5.78 Å². The molecule has 3 rings (SSSR count). The summed E-state index contributed by atoms with van der Waals surface area (Å²) in [4.78, 5) is 9.62. The summed E-state index contributed by atoms with van der Waals surface area (Å²) in [5.41, 5.74) is -0.962. The molecular weight excluding hydrogens is 309 g/mol. The SMILES string of the molecule is CC[C@H](CN1CCCC1)Nc1cc(C(F)(F)F)nc2ncnn12. The summed E-state index contributed by atoms with van der Waals surface area (Å²) in [6.45, 7) is 4.90. The fourth-order valence-corrected chi connectivity index (χ4v) is 2.82. The Morgan fingerprint density at radius 1 is 1.30 bits per heavy atom. The summed E-state index contributed by atoms with van der Waals surface area (Å²) >= 11 is 0. The Labute approximate surface area is 131 Å². The quantitative estimate of drug-likeness (QED) is 0.913. The summed E-state index contributed by atoms with van der Waals surface area (Å²) in [5, 5.41) is 7.14. The molecule has 1 aliphatic heterocycles. The number of anilines is 1. The van der Waals surface area contributed by atoms with Crippen molar-refractivity contribution in [2.24, 2.45) is 0 Å². The summed E-state index contributed by atoms with van der Waals surface area (Å²) in [6.07, 6.45) is -0.152. The van der Waals surface area contributed by atoms with E-state index in [-0.39, 0.29) is 17.6 Å². The van der Waals surface area contributed by atoms with Gasteiger partial charge in [0.15, 0.2) is 5.69 Å². The molecule has 2 aromatic heterocycles. The predicted octanol–water partition coefficient (Wildman–Crippen LogP) is 2.43. The maximum Gasteiger partial charge on any atom is 0.433 e. The highest BCUT2D eigenvalue weighted by atomic mass is 19.4. The van der Waals surface area contributed by atoms with Crippen LogP contribution < -0.4 is 5.32 Å². The van der Waals surface area contributed by atoms with Crippen LogP contribution in [0.5, 0.6) is 0 Å². The van der Waals surface area contributed by atoms with Crippen LogP contribution in [0, 0.1) is 0 Å². The Bertz CT molecular complexity index is 662. The molecule has 0 amide bonds. The summed E-state index contributed by atoms with van der Waals surface area (Å²) in [7, 11) is 0. The largest absolute Gasteiger partial charge is 0.433 e. The predicted molar refractivity (Wildman–Crippen MR) is 79.2 cm³/mol. The van der Waals surface area contributed by atoms with E-state index < -0.39 is 11.9 Å². The number of likely N-dealkylation sites (tertiary alicyclic amines) is 1. The molecule has 0 spiro atoms. The maximum absolute atomic E-state index is 13.0. The number of nitrogens with one attached hydrogen (secondary N) is 1. The molecule has 1 saturated heterocycles. The Morgan fingerprint density at radius 3 is 2.70 bits per heavy atom. The molecule has 0 saturated carbocycles. The number of aromatic nitrogens is 4. The average molecular weight is 328 g/mol. The zero-order valence-electron chi connectivity index (χ0n) is 12.8. The number of rotatable bonds is 5. The van der Waals surface area contributed by atoms with Crippen LogP contribution in [0.25, 0.3) is 5.78 Å². The third kappa shape index (κ3) is 3.54. The second-order valence-corrected chi connectivity index (χ2v) is 5.75. The first-order valence-corrected chi connectivity index (χ1v) is 7.74. The van der Waals surface area contributed by atoms with Crippen LogP contribution in [-0.2, 0) is 6.18 Å². The zero-order chi connectivity index (χ0) is 16.4. The molecule has 126 valence electrons. The van der Waals surface area contributed by atoms with Gasteiger partial charge in [0.1, 0.15) is 12.1 Å². The van der Waals surface area contributed by atoms with Gasteiger partial charge in [0, 0.05) is 18.7 Å². The van der Waals surface area contributed by atoms with E-state index in [1.807, 2.05) is 6.92 Å². The molecule has 0 unspecified atom stereocenters. The second kappa shape index (κ2) is 6.31. The molecule has 0 aromatic carbocycles. The van der Waals surface area contributed by atoms with Crippen LogP contribution in [0.2, 0.25) is 0 Å². The molecule has 1 aliphatic rings. The lowest BCUT2D eigenvalue weighted by Crippen LogP contribution is -2.35. The third-order valence-electron chi connectivity index (χ3n) is 4.06. The number of alkyl halides is 3. The van der Waals surface area contributed by atoms with E-state index in [0.29, 0.717) is 0 Å². The van der Waals surface area contributed by atoms with Crippen LogP contribution >= 0.6 is 0 Å². The smallest absolute Gasteiger partial charge is 0.366 e. The van der Waals surface area contributed by atoms with Crippen molar-refractivity contribution < 1.29 is 13.2 Å². The van der Waals surface area contributed by atoms with Crippen LogP contribution in [0.15, 0.2) is 12.4 Å². The Morgan fingerprint density at radius 2 is 2.04 bits per heavy atom. The Kier molecular flexibility index (Phi) is 4.38. The highest BCUT2D eigenvalue weighted by Crippen LogP contribution is 2.29. The highest BCUT2D eigenvalue weighted by molar-refractivity contribution is 5.46. The van der Waals surface area contributed by atoms with Crippen LogP contribution in [0.4, 0.5) is 19.0 Å². The van der Waals surface area contributed by atoms with E-state index in [9.17, 15) is 13.2 Å². The monoisotopic (exact) mass is 328 g/mol. The number of halogens is 3. The van der Waals surface area contributed by atoms with Crippen molar-refractivity contribution in [1.82, 2.24) is 24.5 Å². The molecule has 2 aromatic rings. The summed E-state index contributed by atoms with van der Waals surface area (Å²) < 4.78 is 40.3. The van der Waals surface area contributed by atoms with Gasteiger partial charge in [-0.3, -0.25) is 0 Å². The fourth-order valence-electron chi connectivity index (χ4n) is 2.82. The van der Waals surface area contributed by atoms with Gasteiger partial charge >= 0.3 is 6.18 Å². The molecule has 23 heavy (non-hydrogen) atoms. The van der Waals surface area contributed by atoms with Gasteiger partial charge in [0.2, 0.25) is 0 Å². The van der Waals surface area contributed by atoms with Gasteiger partial charge in [-0.05, 0) is 32.4 Å². The minimum absolute atomic E-state index is 0.0454. The lowest BCUT2D eigenvalue weighted by Gasteiger charge is -2.24. The lowest BCUT2D eigenvalue weighted by atomic mass is 10.2. The topological polar surface area (TPSA) is 58.3 Å². The van der Waals surface area contributed by atoms with Crippen LogP contribution in [0.1, 0.15) is 31.9 Å². The minimum Gasteiger partial charge on any atom is -0.366 e. The van der Waals surface area contributed by atoms with Gasteiger partial charge in [0.05, 0.1) is 0 Å². The Balaban J connectivity index is 1.86. The van der Waals surface area contributed by atoms with E-state index in [4.69, 9.17) is 0 Å². The van der Waals surface area contributed by atoms with E-state index >= 15 is 0 Å². The molecule has 9 heteroatoms. The molecular formula is C14H19F3N6. The number of fused-ring (bicyclic) bond motifs is 1. The van der Waals surface area contributed by atoms with Crippen molar-refractivity contribution in [3.05, 3.63) is 18.1 Å². The van der Waals surface area contributed by atoms with Gasteiger partial charge in [-0.1, -0.05) is 6.92 Å².